The van der Waals surface area contributed by atoms with Crippen LogP contribution < -0.4 is 0 Å². The Balaban J connectivity index is 1.93. The van der Waals surface area contributed by atoms with E-state index in [1.54, 1.807) is 11.8 Å². The lowest BCUT2D eigenvalue weighted by Gasteiger charge is -2.15. The van der Waals surface area contributed by atoms with Crippen LogP contribution in [-0.2, 0) is 9.59 Å². The van der Waals surface area contributed by atoms with Gasteiger partial charge in [-0.2, -0.15) is 0 Å². The van der Waals surface area contributed by atoms with Crippen LogP contribution in [0, 0.1) is 11.8 Å². The quantitative estimate of drug-likeness (QED) is 0.515. The number of fused-ring (bicyclic) bond motifs is 5. The van der Waals surface area contributed by atoms with E-state index >= 15 is 0 Å². The van der Waals surface area contributed by atoms with E-state index in [1.807, 2.05) is 12.2 Å². The lowest BCUT2D eigenvalue weighted by molar-refractivity contribution is -0.140. The number of likely N-dealkylation sites (tertiary alicyclic amines) is 1. The molecule has 1 N–H and O–H groups in total. The van der Waals surface area contributed by atoms with Crippen LogP contribution in [0.15, 0.2) is 12.2 Å². The monoisotopic (exact) mass is 225 g/mol. The summed E-state index contributed by atoms with van der Waals surface area (Å²) in [6, 6.07) is 0. The molecule has 3 rings (SSSR count). The van der Waals surface area contributed by atoms with Crippen LogP contribution >= 0.6 is 11.8 Å². The predicted molar refractivity (Wildman–Crippen MR) is 55.1 cm³/mol. The van der Waals surface area contributed by atoms with Gasteiger partial charge >= 0.3 is 0 Å². The number of amides is 2. The van der Waals surface area contributed by atoms with E-state index in [2.05, 4.69) is 0 Å². The van der Waals surface area contributed by atoms with E-state index in [9.17, 15) is 9.59 Å². The van der Waals surface area contributed by atoms with Crippen LogP contribution in [0.1, 0.15) is 0 Å². The summed E-state index contributed by atoms with van der Waals surface area (Å²) in [7, 11) is 0. The summed E-state index contributed by atoms with van der Waals surface area (Å²) in [6.45, 7) is 0.00159. The zero-order valence-electron chi connectivity index (χ0n) is 8.00. The number of hydrogen-bond acceptors (Lipinski definition) is 4. The molecule has 4 nitrogen and oxygen atoms in total. The molecule has 3 aliphatic rings. The molecule has 0 radical (unpaired) electrons. The highest BCUT2D eigenvalue weighted by Crippen LogP contribution is 2.52. The topological polar surface area (TPSA) is 57.6 Å². The first kappa shape index (κ1) is 9.42. The van der Waals surface area contributed by atoms with E-state index in [1.165, 1.54) is 4.90 Å². The van der Waals surface area contributed by atoms with E-state index in [4.69, 9.17) is 5.11 Å². The van der Waals surface area contributed by atoms with Crippen molar-refractivity contribution in [2.24, 2.45) is 11.8 Å². The molecule has 0 aromatic carbocycles. The average Bonchev–Trinajstić information content (AvgIpc) is 2.87. The summed E-state index contributed by atoms with van der Waals surface area (Å²) in [5.74, 6) is -0.514. The Morgan fingerprint density at radius 1 is 1.20 bits per heavy atom. The largest absolute Gasteiger partial charge is 0.395 e. The van der Waals surface area contributed by atoms with Gasteiger partial charge in [-0.15, -0.1) is 11.8 Å². The molecule has 0 aromatic rings. The second-order valence-electron chi connectivity index (χ2n) is 4.05. The van der Waals surface area contributed by atoms with Gasteiger partial charge in [0, 0.05) is 10.5 Å². The second kappa shape index (κ2) is 3.09. The molecule has 2 bridgehead atoms. The molecule has 4 unspecified atom stereocenters. The van der Waals surface area contributed by atoms with Crippen molar-refractivity contribution < 1.29 is 14.7 Å². The highest BCUT2D eigenvalue weighted by Gasteiger charge is 2.59. The van der Waals surface area contributed by atoms with Gasteiger partial charge < -0.3 is 5.11 Å². The number of hydrogen-bond donors (Lipinski definition) is 1. The van der Waals surface area contributed by atoms with Crippen molar-refractivity contribution in [3.8, 4) is 0 Å². The van der Waals surface area contributed by atoms with Crippen molar-refractivity contribution in [1.29, 1.82) is 0 Å². The third-order valence-electron chi connectivity index (χ3n) is 3.33. The summed E-state index contributed by atoms with van der Waals surface area (Å²) >= 11 is 1.71. The van der Waals surface area contributed by atoms with Crippen LogP contribution in [0.4, 0.5) is 0 Å². The van der Waals surface area contributed by atoms with Gasteiger partial charge in [0.05, 0.1) is 25.0 Å². The Hall–Kier alpha value is -0.810. The lowest BCUT2D eigenvalue weighted by Crippen LogP contribution is -2.35. The maximum absolute atomic E-state index is 11.9. The normalized spacial score (nSPS) is 41.8. The molecule has 2 fully saturated rings. The first-order valence-electron chi connectivity index (χ1n) is 5.04. The second-order valence-corrected chi connectivity index (χ2v) is 5.41. The van der Waals surface area contributed by atoms with E-state index < -0.39 is 0 Å². The molecule has 4 atom stereocenters. The van der Waals surface area contributed by atoms with Crippen molar-refractivity contribution in [2.45, 2.75) is 10.5 Å². The van der Waals surface area contributed by atoms with Gasteiger partial charge in [-0.25, -0.2) is 0 Å². The molecule has 80 valence electrons. The molecule has 2 amide bonds. The Labute approximate surface area is 91.3 Å². The molecule has 3 heterocycles. The van der Waals surface area contributed by atoms with Gasteiger partial charge in [-0.3, -0.25) is 14.5 Å². The van der Waals surface area contributed by atoms with Gasteiger partial charge in [-0.1, -0.05) is 12.2 Å². The molecule has 3 aliphatic heterocycles. The number of imide groups is 1. The minimum Gasteiger partial charge on any atom is -0.395 e. The Morgan fingerprint density at radius 2 is 1.73 bits per heavy atom. The molecule has 5 heteroatoms. The fourth-order valence-electron chi connectivity index (χ4n) is 2.69. The maximum Gasteiger partial charge on any atom is 0.234 e. The molecule has 0 spiro atoms. The minimum absolute atomic E-state index is 0.0941. The van der Waals surface area contributed by atoms with Crippen LogP contribution in [0.5, 0.6) is 0 Å². The number of carbonyl (C=O) groups excluding carboxylic acids is 2. The number of rotatable bonds is 2. The summed E-state index contributed by atoms with van der Waals surface area (Å²) in [5, 5.41) is 9.17. The number of β-amino-alcohol motifs (C(OH)–C–C–N with tert-alkyl or cyclic N) is 1. The smallest absolute Gasteiger partial charge is 0.234 e. The number of thioether (sulfide) groups is 1. The Bertz CT molecular complexity index is 338. The molecule has 2 saturated heterocycles. The molecule has 0 saturated carbocycles. The number of aliphatic hydroxyl groups is 1. The van der Waals surface area contributed by atoms with Crippen LogP contribution in [0.25, 0.3) is 0 Å². The van der Waals surface area contributed by atoms with Crippen molar-refractivity contribution in [3.63, 3.8) is 0 Å². The van der Waals surface area contributed by atoms with Crippen molar-refractivity contribution in [3.05, 3.63) is 12.2 Å². The minimum atomic E-state index is -0.163. The first-order valence-corrected chi connectivity index (χ1v) is 5.98. The first-order chi connectivity index (χ1) is 7.24. The standard InChI is InChI=1S/C10H11NO3S/c12-4-3-11-9(13)7-5-1-2-6(15-5)8(7)10(11)14/h1-2,5-8,12H,3-4H2. The van der Waals surface area contributed by atoms with Gasteiger partial charge in [0.1, 0.15) is 0 Å². The summed E-state index contributed by atoms with van der Waals surface area (Å²) in [6.07, 6.45) is 4.06. The van der Waals surface area contributed by atoms with Crippen LogP contribution in [-0.4, -0.2) is 45.5 Å². The number of nitrogens with zero attached hydrogens (tertiary/aromatic N) is 1. The Morgan fingerprint density at radius 3 is 2.20 bits per heavy atom. The SMILES string of the molecule is O=C1C2C3C=CC(S3)C2C(=O)N1CCO. The van der Waals surface area contributed by atoms with E-state index in [0.717, 1.165) is 0 Å². The number of aliphatic hydroxyl groups excluding tert-OH is 1. The van der Waals surface area contributed by atoms with Gasteiger partial charge in [0.15, 0.2) is 0 Å². The van der Waals surface area contributed by atoms with Crippen LogP contribution in [0.3, 0.4) is 0 Å². The van der Waals surface area contributed by atoms with Crippen molar-refractivity contribution >= 4 is 23.6 Å². The van der Waals surface area contributed by atoms with Crippen LogP contribution in [0.2, 0.25) is 0 Å². The van der Waals surface area contributed by atoms with Gasteiger partial charge in [-0.05, 0) is 0 Å². The highest BCUT2D eigenvalue weighted by molar-refractivity contribution is 8.01. The molecular formula is C10H11NO3S. The van der Waals surface area contributed by atoms with Crippen molar-refractivity contribution in [2.75, 3.05) is 13.2 Å². The third-order valence-corrected chi connectivity index (χ3v) is 4.85. The maximum atomic E-state index is 11.9. The number of carbonyl (C=O) groups is 2. The van der Waals surface area contributed by atoms with E-state index in [0.29, 0.717) is 0 Å². The van der Waals surface area contributed by atoms with Gasteiger partial charge in [0.2, 0.25) is 11.8 Å². The summed E-state index contributed by atoms with van der Waals surface area (Å²) in [4.78, 5) is 25.1. The fourth-order valence-corrected chi connectivity index (χ4v) is 4.32. The molecular weight excluding hydrogens is 214 g/mol. The average molecular weight is 225 g/mol. The van der Waals surface area contributed by atoms with Gasteiger partial charge in [0.25, 0.3) is 0 Å². The zero-order chi connectivity index (χ0) is 10.6. The summed E-state index contributed by atoms with van der Waals surface area (Å²) in [5.41, 5.74) is 0. The third kappa shape index (κ3) is 1.08. The van der Waals surface area contributed by atoms with E-state index in [-0.39, 0.29) is 47.3 Å². The predicted octanol–water partition coefficient (Wildman–Crippen LogP) is -0.366. The molecule has 15 heavy (non-hydrogen) atoms. The van der Waals surface area contributed by atoms with Crippen molar-refractivity contribution in [1.82, 2.24) is 4.90 Å². The summed E-state index contributed by atoms with van der Waals surface area (Å²) < 4.78 is 0. The Kier molecular flexibility index (Phi) is 1.94. The highest BCUT2D eigenvalue weighted by atomic mass is 32.2. The zero-order valence-corrected chi connectivity index (χ0v) is 8.81. The molecule has 0 aromatic heterocycles. The lowest BCUT2D eigenvalue weighted by atomic mass is 9.85. The fraction of sp³-hybridized carbons (Fsp3) is 0.600. The molecule has 0 aliphatic carbocycles.